The first-order chi connectivity index (χ1) is 17.0. The summed E-state index contributed by atoms with van der Waals surface area (Å²) in [5, 5.41) is 13.9. The van der Waals surface area contributed by atoms with Gasteiger partial charge in [-0.1, -0.05) is 46.9 Å². The normalized spacial score (nSPS) is 15.6. The third-order valence-corrected chi connectivity index (χ3v) is 8.56. The fourth-order valence-electron chi connectivity index (χ4n) is 4.54. The van der Waals surface area contributed by atoms with Crippen LogP contribution in [0.5, 0.6) is 0 Å². The van der Waals surface area contributed by atoms with Crippen molar-refractivity contribution in [2.75, 3.05) is 29.9 Å². The largest absolute Gasteiger partial charge is 0.476 e. The van der Waals surface area contributed by atoms with E-state index in [1.165, 1.54) is 22.7 Å². The highest BCUT2D eigenvalue weighted by Crippen LogP contribution is 2.33. The van der Waals surface area contributed by atoms with Gasteiger partial charge in [-0.05, 0) is 55.3 Å². The maximum Gasteiger partial charge on any atom is 0.355 e. The minimum atomic E-state index is -0.990. The molecule has 2 aromatic carbocycles. The van der Waals surface area contributed by atoms with Gasteiger partial charge in [0, 0.05) is 25.2 Å². The van der Waals surface area contributed by atoms with E-state index in [1.807, 2.05) is 36.4 Å². The van der Waals surface area contributed by atoms with Crippen molar-refractivity contribution < 1.29 is 14.7 Å². The van der Waals surface area contributed by atoms with Crippen LogP contribution in [0, 0.1) is 0 Å². The number of carbonyl (C=O) groups is 2. The number of para-hydroxylation sites is 1. The van der Waals surface area contributed by atoms with Crippen LogP contribution < -0.4 is 10.2 Å². The number of hydrogen-bond donors (Lipinski definition) is 2. The van der Waals surface area contributed by atoms with Crippen LogP contribution >= 0.6 is 22.7 Å². The van der Waals surface area contributed by atoms with E-state index in [-0.39, 0.29) is 11.6 Å². The molecule has 0 bridgehead atoms. The van der Waals surface area contributed by atoms with Gasteiger partial charge < -0.3 is 10.0 Å². The lowest BCUT2D eigenvalue weighted by molar-refractivity contribution is 0.0687. The van der Waals surface area contributed by atoms with E-state index >= 15 is 0 Å². The average molecular weight is 506 g/mol. The van der Waals surface area contributed by atoms with Crippen molar-refractivity contribution in [2.45, 2.75) is 25.9 Å². The van der Waals surface area contributed by atoms with Gasteiger partial charge in [0.25, 0.3) is 5.91 Å². The Morgan fingerprint density at radius 3 is 2.66 bits per heavy atom. The summed E-state index contributed by atoms with van der Waals surface area (Å²) in [7, 11) is 0. The molecule has 178 valence electrons. The lowest BCUT2D eigenvalue weighted by Crippen LogP contribution is -2.36. The number of thiazole rings is 2. The van der Waals surface area contributed by atoms with Crippen molar-refractivity contribution in [3.8, 4) is 0 Å². The fraction of sp³-hybridized carbons (Fsp3) is 0.280. The third kappa shape index (κ3) is 4.29. The summed E-state index contributed by atoms with van der Waals surface area (Å²) in [6.45, 7) is 3.85. The molecule has 1 amide bonds. The number of fused-ring (bicyclic) bond motifs is 2. The van der Waals surface area contributed by atoms with Gasteiger partial charge in [-0.2, -0.15) is 0 Å². The van der Waals surface area contributed by atoms with Gasteiger partial charge in [0.2, 0.25) is 0 Å². The van der Waals surface area contributed by atoms with Gasteiger partial charge >= 0.3 is 5.97 Å². The van der Waals surface area contributed by atoms with Gasteiger partial charge in [-0.15, -0.1) is 0 Å². The number of likely N-dealkylation sites (tertiary alicyclic amines) is 1. The lowest BCUT2D eigenvalue weighted by atomic mass is 9.94. The van der Waals surface area contributed by atoms with E-state index in [2.05, 4.69) is 31.2 Å². The van der Waals surface area contributed by atoms with Crippen LogP contribution in [0.1, 0.15) is 43.3 Å². The van der Waals surface area contributed by atoms with Crippen LogP contribution in [0.25, 0.3) is 10.2 Å². The zero-order valence-electron chi connectivity index (χ0n) is 18.9. The van der Waals surface area contributed by atoms with Crippen LogP contribution in [-0.2, 0) is 19.5 Å². The number of nitrogens with zero attached hydrogens (tertiary/aromatic N) is 4. The molecule has 0 saturated carbocycles. The number of anilines is 2. The summed E-state index contributed by atoms with van der Waals surface area (Å²) in [4.78, 5) is 39.2. The second-order valence-electron chi connectivity index (χ2n) is 8.76. The fourth-order valence-corrected chi connectivity index (χ4v) is 6.52. The predicted molar refractivity (Wildman–Crippen MR) is 138 cm³/mol. The maximum atomic E-state index is 13.3. The Balaban J connectivity index is 1.26. The Labute approximate surface area is 209 Å². The topological polar surface area (TPSA) is 98.7 Å². The molecule has 0 atom stereocenters. The number of carboxylic acid groups (broad SMARTS) is 1. The molecular formula is C25H23N5O3S2. The average Bonchev–Trinajstić information content (AvgIpc) is 3.44. The van der Waals surface area contributed by atoms with Crippen molar-refractivity contribution in [3.05, 3.63) is 69.7 Å². The maximum absolute atomic E-state index is 13.3. The molecule has 2 aliphatic rings. The first-order valence-corrected chi connectivity index (χ1v) is 13.2. The monoisotopic (exact) mass is 505 g/mol. The van der Waals surface area contributed by atoms with E-state index < -0.39 is 5.97 Å². The molecule has 2 aliphatic heterocycles. The van der Waals surface area contributed by atoms with Crippen LogP contribution in [0.3, 0.4) is 0 Å². The van der Waals surface area contributed by atoms with E-state index in [4.69, 9.17) is 0 Å². The second kappa shape index (κ2) is 9.03. The van der Waals surface area contributed by atoms with Crippen molar-refractivity contribution in [1.82, 2.24) is 14.9 Å². The highest BCUT2D eigenvalue weighted by Gasteiger charge is 2.28. The van der Waals surface area contributed by atoms with Gasteiger partial charge in [0.1, 0.15) is 0 Å². The highest BCUT2D eigenvalue weighted by molar-refractivity contribution is 7.22. The number of nitrogens with one attached hydrogen (secondary N) is 1. The number of benzene rings is 2. The van der Waals surface area contributed by atoms with E-state index in [9.17, 15) is 14.7 Å². The van der Waals surface area contributed by atoms with E-state index in [0.29, 0.717) is 28.9 Å². The Hall–Kier alpha value is -3.34. The molecule has 1 fully saturated rings. The van der Waals surface area contributed by atoms with E-state index in [1.54, 1.807) is 0 Å². The standard InChI is InChI=1S/C25H23N5O3S2/c31-22(28-24-26-18-7-1-2-8-19(18)34-24)16-6-3-5-15-9-12-30(13-17(15)16)25-27-21(23(32)33)20(35-25)14-29-10-4-11-29/h1-3,5-8H,4,9-14H2,(H,32,33)(H,26,28,31). The summed E-state index contributed by atoms with van der Waals surface area (Å²) >= 11 is 2.90. The summed E-state index contributed by atoms with van der Waals surface area (Å²) in [5.41, 5.74) is 3.70. The molecule has 35 heavy (non-hydrogen) atoms. The smallest absolute Gasteiger partial charge is 0.355 e. The molecule has 0 unspecified atom stereocenters. The molecule has 0 spiro atoms. The number of aromatic carboxylic acids is 1. The number of carbonyl (C=O) groups excluding carboxylic acids is 1. The summed E-state index contributed by atoms with van der Waals surface area (Å²) in [5.74, 6) is -1.18. The summed E-state index contributed by atoms with van der Waals surface area (Å²) in [6.07, 6.45) is 1.92. The molecule has 2 aromatic heterocycles. The molecule has 10 heteroatoms. The highest BCUT2D eigenvalue weighted by atomic mass is 32.1. The van der Waals surface area contributed by atoms with Gasteiger partial charge in [-0.3, -0.25) is 15.0 Å². The zero-order valence-corrected chi connectivity index (χ0v) is 20.5. The Bertz CT molecular complexity index is 1410. The molecule has 4 aromatic rings. The van der Waals surface area contributed by atoms with Gasteiger partial charge in [0.05, 0.1) is 15.1 Å². The van der Waals surface area contributed by atoms with Crippen LogP contribution in [0.15, 0.2) is 42.5 Å². The van der Waals surface area contributed by atoms with Crippen LogP contribution in [0.2, 0.25) is 0 Å². The molecule has 2 N–H and O–H groups in total. The predicted octanol–water partition coefficient (Wildman–Crippen LogP) is 4.47. The molecule has 1 saturated heterocycles. The molecule has 8 nitrogen and oxygen atoms in total. The van der Waals surface area contributed by atoms with Gasteiger partial charge in [-0.25, -0.2) is 14.8 Å². The molecule has 6 rings (SSSR count). The quantitative estimate of drug-likeness (QED) is 0.399. The lowest BCUT2D eigenvalue weighted by Gasteiger charge is -2.30. The summed E-state index contributed by atoms with van der Waals surface area (Å²) < 4.78 is 1.02. The molecule has 0 aliphatic carbocycles. The SMILES string of the molecule is O=C(Nc1nc2ccccc2s1)c1cccc2c1CN(c1nc(C(=O)O)c(CN3CCC3)s1)CC2. The van der Waals surface area contributed by atoms with Crippen LogP contribution in [-0.4, -0.2) is 51.5 Å². The first kappa shape index (κ1) is 22.1. The number of hydrogen-bond acceptors (Lipinski definition) is 8. The van der Waals surface area contributed by atoms with Crippen molar-refractivity contribution in [2.24, 2.45) is 0 Å². The number of amides is 1. The Kier molecular flexibility index (Phi) is 5.71. The second-order valence-corrected chi connectivity index (χ2v) is 10.9. The number of rotatable bonds is 6. The van der Waals surface area contributed by atoms with E-state index in [0.717, 1.165) is 58.7 Å². The first-order valence-electron chi connectivity index (χ1n) is 11.5. The van der Waals surface area contributed by atoms with Crippen molar-refractivity contribution in [3.63, 3.8) is 0 Å². The minimum Gasteiger partial charge on any atom is -0.476 e. The Morgan fingerprint density at radius 2 is 1.89 bits per heavy atom. The molecule has 4 heterocycles. The van der Waals surface area contributed by atoms with Crippen LogP contribution in [0.4, 0.5) is 10.3 Å². The van der Waals surface area contributed by atoms with Gasteiger partial charge in [0.15, 0.2) is 16.0 Å². The van der Waals surface area contributed by atoms with Crippen molar-refractivity contribution in [1.29, 1.82) is 0 Å². The number of aromatic nitrogens is 2. The number of carboxylic acids is 1. The molecule has 0 radical (unpaired) electrons. The zero-order chi connectivity index (χ0) is 23.9. The third-order valence-electron chi connectivity index (χ3n) is 6.51. The Morgan fingerprint density at radius 1 is 1.03 bits per heavy atom. The summed E-state index contributed by atoms with van der Waals surface area (Å²) in [6, 6.07) is 13.6. The van der Waals surface area contributed by atoms with Crippen molar-refractivity contribution >= 4 is 55.0 Å². The molecular weight excluding hydrogens is 482 g/mol. The minimum absolute atomic E-state index is 0.143.